The molecule has 28 heavy (non-hydrogen) atoms. The van der Waals surface area contributed by atoms with Crippen molar-refractivity contribution < 1.29 is 4.79 Å². The molecular formula is C21H22N6O. The van der Waals surface area contributed by atoms with Crippen LogP contribution in [0.15, 0.2) is 43.1 Å². The largest absolute Gasteiger partial charge is 0.337 e. The predicted molar refractivity (Wildman–Crippen MR) is 105 cm³/mol. The van der Waals surface area contributed by atoms with E-state index in [2.05, 4.69) is 19.9 Å². The Balaban J connectivity index is 1.62. The van der Waals surface area contributed by atoms with Gasteiger partial charge in [-0.2, -0.15) is 0 Å². The van der Waals surface area contributed by atoms with Crippen molar-refractivity contribution in [2.75, 3.05) is 13.1 Å². The number of amides is 1. The Morgan fingerprint density at radius 2 is 1.89 bits per heavy atom. The number of hydrogen-bond donors (Lipinski definition) is 0. The average molecular weight is 374 g/mol. The van der Waals surface area contributed by atoms with Crippen LogP contribution in [0.5, 0.6) is 0 Å². The molecule has 0 aromatic carbocycles. The molecule has 4 rings (SSSR count). The number of hydrogen-bond acceptors (Lipinski definition) is 6. The van der Waals surface area contributed by atoms with E-state index in [0.717, 1.165) is 47.7 Å². The van der Waals surface area contributed by atoms with Gasteiger partial charge in [-0.25, -0.2) is 15.0 Å². The molecule has 4 heterocycles. The van der Waals surface area contributed by atoms with Crippen LogP contribution in [-0.4, -0.2) is 48.8 Å². The lowest BCUT2D eigenvalue weighted by molar-refractivity contribution is 0.0699. The third-order valence-electron chi connectivity index (χ3n) is 5.03. The molecule has 1 atom stereocenters. The van der Waals surface area contributed by atoms with E-state index in [1.165, 1.54) is 0 Å². The highest BCUT2D eigenvalue weighted by Crippen LogP contribution is 2.33. The zero-order valence-electron chi connectivity index (χ0n) is 16.0. The fraction of sp³-hybridized carbons (Fsp3) is 0.333. The minimum atomic E-state index is -0.0755. The molecule has 0 N–H and O–H groups in total. The molecule has 0 unspecified atom stereocenters. The summed E-state index contributed by atoms with van der Waals surface area (Å²) in [5.74, 6) is 0.815. The first-order valence-electron chi connectivity index (χ1n) is 9.43. The van der Waals surface area contributed by atoms with Gasteiger partial charge < -0.3 is 4.90 Å². The third-order valence-corrected chi connectivity index (χ3v) is 5.03. The van der Waals surface area contributed by atoms with Crippen LogP contribution in [-0.2, 0) is 0 Å². The van der Waals surface area contributed by atoms with Crippen molar-refractivity contribution in [1.29, 1.82) is 0 Å². The number of aromatic nitrogens is 5. The number of nitrogens with zero attached hydrogens (tertiary/aromatic N) is 6. The van der Waals surface area contributed by atoms with Crippen LogP contribution in [0.3, 0.4) is 0 Å². The Morgan fingerprint density at radius 3 is 2.64 bits per heavy atom. The maximum atomic E-state index is 12.9. The molecule has 0 saturated carbocycles. The normalized spacial score (nSPS) is 16.8. The van der Waals surface area contributed by atoms with Crippen LogP contribution in [0.4, 0.5) is 0 Å². The van der Waals surface area contributed by atoms with Crippen LogP contribution >= 0.6 is 0 Å². The Bertz CT molecular complexity index is 974. The molecule has 1 aliphatic heterocycles. The summed E-state index contributed by atoms with van der Waals surface area (Å²) in [6.07, 6.45) is 10.5. The summed E-state index contributed by atoms with van der Waals surface area (Å²) in [6.45, 7) is 5.09. The highest BCUT2D eigenvalue weighted by atomic mass is 16.2. The van der Waals surface area contributed by atoms with E-state index >= 15 is 0 Å². The Kier molecular flexibility index (Phi) is 5.06. The minimum Gasteiger partial charge on any atom is -0.337 e. The zero-order chi connectivity index (χ0) is 19.5. The Labute approximate surface area is 163 Å². The number of aryl methyl sites for hydroxylation is 2. The van der Waals surface area contributed by atoms with Gasteiger partial charge in [0.25, 0.3) is 5.91 Å². The van der Waals surface area contributed by atoms with Gasteiger partial charge in [-0.3, -0.25) is 14.8 Å². The van der Waals surface area contributed by atoms with E-state index in [9.17, 15) is 4.79 Å². The molecule has 3 aromatic rings. The maximum absolute atomic E-state index is 12.9. The first kappa shape index (κ1) is 18.2. The van der Waals surface area contributed by atoms with Crippen molar-refractivity contribution in [3.8, 4) is 11.1 Å². The molecule has 7 nitrogen and oxygen atoms in total. The lowest BCUT2D eigenvalue weighted by Crippen LogP contribution is -2.40. The summed E-state index contributed by atoms with van der Waals surface area (Å²) in [5.41, 5.74) is 4.22. The molecule has 3 aromatic heterocycles. The summed E-state index contributed by atoms with van der Waals surface area (Å²) >= 11 is 0. The molecule has 0 aliphatic carbocycles. The van der Waals surface area contributed by atoms with Gasteiger partial charge in [0.15, 0.2) is 0 Å². The minimum absolute atomic E-state index is 0.0755. The summed E-state index contributed by atoms with van der Waals surface area (Å²) in [6, 6.07) is 3.93. The number of rotatable bonds is 3. The summed E-state index contributed by atoms with van der Waals surface area (Å²) in [5, 5.41) is 0. The molecule has 1 aliphatic rings. The van der Waals surface area contributed by atoms with E-state index in [0.29, 0.717) is 12.2 Å². The van der Waals surface area contributed by atoms with Crippen molar-refractivity contribution in [2.24, 2.45) is 0 Å². The quantitative estimate of drug-likeness (QED) is 0.701. The fourth-order valence-corrected chi connectivity index (χ4v) is 3.60. The average Bonchev–Trinajstić information content (AvgIpc) is 2.74. The van der Waals surface area contributed by atoms with E-state index in [1.54, 1.807) is 24.8 Å². The van der Waals surface area contributed by atoms with Crippen LogP contribution in [0.25, 0.3) is 11.1 Å². The van der Waals surface area contributed by atoms with Gasteiger partial charge in [0, 0.05) is 49.4 Å². The summed E-state index contributed by atoms with van der Waals surface area (Å²) in [7, 11) is 0. The highest BCUT2D eigenvalue weighted by molar-refractivity contribution is 5.92. The van der Waals surface area contributed by atoms with Crippen molar-refractivity contribution in [3.05, 3.63) is 66.0 Å². The van der Waals surface area contributed by atoms with Crippen molar-refractivity contribution in [1.82, 2.24) is 29.8 Å². The molecule has 7 heteroatoms. The standard InChI is InChI=1S/C21H22N6O/c1-14-10-25-19(12-23-14)21(28)27-9-3-4-17(13-27)20-18(11-24-15(2)26-20)16-5-7-22-8-6-16/h5-8,10-12,17H,3-4,9,13H2,1-2H3/t17-/m0/s1. The van der Waals surface area contributed by atoms with Gasteiger partial charge >= 0.3 is 0 Å². The van der Waals surface area contributed by atoms with Crippen molar-refractivity contribution >= 4 is 5.91 Å². The molecule has 1 fully saturated rings. The van der Waals surface area contributed by atoms with Crippen LogP contribution in [0.1, 0.15) is 46.5 Å². The van der Waals surface area contributed by atoms with E-state index < -0.39 is 0 Å². The van der Waals surface area contributed by atoms with Crippen molar-refractivity contribution in [3.63, 3.8) is 0 Å². The van der Waals surface area contributed by atoms with Gasteiger partial charge in [0.05, 0.1) is 17.6 Å². The molecule has 0 spiro atoms. The predicted octanol–water partition coefficient (Wildman–Crippen LogP) is 2.97. The van der Waals surface area contributed by atoms with Crippen molar-refractivity contribution in [2.45, 2.75) is 32.6 Å². The first-order chi connectivity index (χ1) is 13.6. The molecule has 1 saturated heterocycles. The Hall–Kier alpha value is -3.22. The van der Waals surface area contributed by atoms with Gasteiger partial charge in [0.1, 0.15) is 11.5 Å². The summed E-state index contributed by atoms with van der Waals surface area (Å²) < 4.78 is 0. The molecular weight excluding hydrogens is 352 g/mol. The van der Waals surface area contributed by atoms with E-state index in [1.807, 2.05) is 37.1 Å². The fourth-order valence-electron chi connectivity index (χ4n) is 3.60. The maximum Gasteiger partial charge on any atom is 0.274 e. The van der Waals surface area contributed by atoms with Gasteiger partial charge in [0.2, 0.25) is 0 Å². The smallest absolute Gasteiger partial charge is 0.274 e. The molecule has 0 bridgehead atoms. The lowest BCUT2D eigenvalue weighted by atomic mass is 9.90. The second-order valence-corrected chi connectivity index (χ2v) is 7.09. The third kappa shape index (κ3) is 3.74. The number of carbonyl (C=O) groups excluding carboxylic acids is 1. The second kappa shape index (κ2) is 7.80. The number of piperidine rings is 1. The molecule has 142 valence electrons. The number of carbonyl (C=O) groups is 1. The van der Waals surface area contributed by atoms with Crippen LogP contribution in [0.2, 0.25) is 0 Å². The SMILES string of the molecule is Cc1cnc(C(=O)N2CCC[C@H](c3nc(C)ncc3-c3ccncc3)C2)cn1. The topological polar surface area (TPSA) is 84.8 Å². The van der Waals surface area contributed by atoms with Crippen LogP contribution < -0.4 is 0 Å². The summed E-state index contributed by atoms with van der Waals surface area (Å²) in [4.78, 5) is 36.4. The van der Waals surface area contributed by atoms with E-state index in [-0.39, 0.29) is 11.8 Å². The zero-order valence-corrected chi connectivity index (χ0v) is 16.0. The van der Waals surface area contributed by atoms with Gasteiger partial charge in [-0.05, 0) is 44.4 Å². The lowest BCUT2D eigenvalue weighted by Gasteiger charge is -2.33. The Morgan fingerprint density at radius 1 is 1.07 bits per heavy atom. The first-order valence-corrected chi connectivity index (χ1v) is 9.43. The van der Waals surface area contributed by atoms with Crippen LogP contribution in [0, 0.1) is 13.8 Å². The van der Waals surface area contributed by atoms with Gasteiger partial charge in [-0.1, -0.05) is 0 Å². The van der Waals surface area contributed by atoms with Gasteiger partial charge in [-0.15, -0.1) is 0 Å². The number of pyridine rings is 1. The molecule has 0 radical (unpaired) electrons. The second-order valence-electron chi connectivity index (χ2n) is 7.09. The van der Waals surface area contributed by atoms with E-state index in [4.69, 9.17) is 4.98 Å². The molecule has 1 amide bonds. The highest BCUT2D eigenvalue weighted by Gasteiger charge is 2.29. The number of likely N-dealkylation sites (tertiary alicyclic amines) is 1. The monoisotopic (exact) mass is 374 g/mol.